The summed E-state index contributed by atoms with van der Waals surface area (Å²) in [7, 11) is 1.49. The average Bonchev–Trinajstić information content (AvgIpc) is 2.32. The molecule has 0 aliphatic carbocycles. The van der Waals surface area contributed by atoms with Gasteiger partial charge in [0.1, 0.15) is 0 Å². The van der Waals surface area contributed by atoms with E-state index in [-0.39, 0.29) is 0 Å². The van der Waals surface area contributed by atoms with Crippen molar-refractivity contribution in [1.82, 2.24) is 0 Å². The predicted octanol–water partition coefficient (Wildman–Crippen LogP) is 4.20. The lowest BCUT2D eigenvalue weighted by molar-refractivity contribution is 0.264. The molecule has 3 heteroatoms. The van der Waals surface area contributed by atoms with Crippen LogP contribution in [0.15, 0.2) is 11.8 Å². The molecule has 0 unspecified atom stereocenters. The summed E-state index contributed by atoms with van der Waals surface area (Å²) in [5.41, 5.74) is 2.14. The van der Waals surface area contributed by atoms with Crippen LogP contribution in [0.1, 0.15) is 51.9 Å². The third-order valence-corrected chi connectivity index (χ3v) is 5.42. The molecule has 0 rings (SSSR count). The molecule has 96 valence electrons. The van der Waals surface area contributed by atoms with E-state index in [1.165, 1.54) is 38.5 Å². The van der Waals surface area contributed by atoms with Gasteiger partial charge in [-0.25, -0.2) is 0 Å². The van der Waals surface area contributed by atoms with Gasteiger partial charge in [0.2, 0.25) is 0 Å². The van der Waals surface area contributed by atoms with Crippen LogP contribution >= 0.6 is 0 Å². The molecular weight excluding hydrogens is 216 g/mol. The van der Waals surface area contributed by atoms with Crippen LogP contribution in [-0.4, -0.2) is 22.8 Å². The molecule has 0 amide bonds. The maximum absolute atomic E-state index is 5.38. The fraction of sp³-hybridized carbons (Fsp3) is 0.846. The van der Waals surface area contributed by atoms with Crippen molar-refractivity contribution in [2.45, 2.75) is 58.4 Å². The van der Waals surface area contributed by atoms with Gasteiger partial charge in [-0.3, -0.25) is 0 Å². The second kappa shape index (κ2) is 10.1. The third kappa shape index (κ3) is 8.08. The molecule has 0 aliphatic rings. The van der Waals surface area contributed by atoms with Crippen molar-refractivity contribution in [2.24, 2.45) is 0 Å². The minimum absolute atomic E-state index is 1.15. The Morgan fingerprint density at radius 2 is 1.50 bits per heavy atom. The fourth-order valence-electron chi connectivity index (χ4n) is 1.56. The van der Waals surface area contributed by atoms with Gasteiger partial charge in [0.15, 0.2) is 0 Å². The summed E-state index contributed by atoms with van der Waals surface area (Å²) in [6.45, 7) is 4.31. The molecule has 0 aromatic heterocycles. The highest BCUT2D eigenvalue weighted by Crippen LogP contribution is 2.10. The first-order valence-corrected chi connectivity index (χ1v) is 8.86. The van der Waals surface area contributed by atoms with Crippen LogP contribution in [0.3, 0.4) is 0 Å². The van der Waals surface area contributed by atoms with Crippen molar-refractivity contribution in [3.05, 3.63) is 11.8 Å². The minimum atomic E-state index is -1.96. The lowest BCUT2D eigenvalue weighted by Gasteiger charge is -2.17. The van der Waals surface area contributed by atoms with E-state index in [1.54, 1.807) is 14.2 Å². The lowest BCUT2D eigenvalue weighted by atomic mass is 10.1. The van der Waals surface area contributed by atoms with Gasteiger partial charge >= 0.3 is 8.56 Å². The van der Waals surface area contributed by atoms with Crippen LogP contribution in [0.2, 0.25) is 6.55 Å². The lowest BCUT2D eigenvalue weighted by Crippen LogP contribution is -2.33. The Balaban J connectivity index is 3.46. The average molecular weight is 244 g/mol. The first-order chi connectivity index (χ1) is 7.68. The Labute approximate surface area is 102 Å². The molecule has 0 aromatic carbocycles. The molecule has 0 saturated carbocycles. The van der Waals surface area contributed by atoms with Crippen molar-refractivity contribution in [2.75, 3.05) is 14.2 Å². The Hall–Kier alpha value is -0.123. The van der Waals surface area contributed by atoms with E-state index in [4.69, 9.17) is 8.85 Å². The second-order valence-corrected chi connectivity index (χ2v) is 7.56. The van der Waals surface area contributed by atoms with E-state index in [0.717, 1.165) is 6.42 Å². The second-order valence-electron chi connectivity index (χ2n) is 4.38. The molecule has 0 radical (unpaired) electrons. The zero-order chi connectivity index (χ0) is 12.3. The number of allylic oxidation sites excluding steroid dienone is 1. The van der Waals surface area contributed by atoms with E-state index in [2.05, 4.69) is 25.2 Å². The highest BCUT2D eigenvalue weighted by atomic mass is 28.4. The normalized spacial score (nSPS) is 12.5. The first-order valence-electron chi connectivity index (χ1n) is 6.46. The smallest absolute Gasteiger partial charge is 0.360 e. The largest absolute Gasteiger partial charge is 0.395 e. The maximum atomic E-state index is 5.38. The predicted molar refractivity (Wildman–Crippen MR) is 72.8 cm³/mol. The molecule has 2 nitrogen and oxygen atoms in total. The van der Waals surface area contributed by atoms with Gasteiger partial charge in [0, 0.05) is 14.2 Å². The van der Waals surface area contributed by atoms with E-state index < -0.39 is 8.56 Å². The highest BCUT2D eigenvalue weighted by molar-refractivity contribution is 6.71. The minimum Gasteiger partial charge on any atom is -0.395 e. The Morgan fingerprint density at radius 1 is 0.938 bits per heavy atom. The van der Waals surface area contributed by atoms with Gasteiger partial charge < -0.3 is 8.85 Å². The van der Waals surface area contributed by atoms with Crippen LogP contribution < -0.4 is 0 Å². The third-order valence-electron chi connectivity index (χ3n) is 2.96. The zero-order valence-electron chi connectivity index (χ0n) is 11.4. The SMILES string of the molecule is CCCCCCCC/C=C/[Si](C)(OC)OC. The maximum Gasteiger partial charge on any atom is 0.360 e. The van der Waals surface area contributed by atoms with Crippen LogP contribution in [0, 0.1) is 0 Å². The topological polar surface area (TPSA) is 18.5 Å². The van der Waals surface area contributed by atoms with Gasteiger partial charge in [-0.15, -0.1) is 0 Å². The molecule has 0 N–H and O–H groups in total. The molecule has 0 heterocycles. The van der Waals surface area contributed by atoms with E-state index >= 15 is 0 Å². The summed E-state index contributed by atoms with van der Waals surface area (Å²) in [4.78, 5) is 0. The molecular formula is C13H28O2Si. The Kier molecular flexibility index (Phi) is 9.98. The molecule has 16 heavy (non-hydrogen) atoms. The highest BCUT2D eigenvalue weighted by Gasteiger charge is 2.23. The van der Waals surface area contributed by atoms with E-state index in [9.17, 15) is 0 Å². The van der Waals surface area contributed by atoms with Gasteiger partial charge in [-0.1, -0.05) is 45.1 Å². The van der Waals surface area contributed by atoms with Crippen molar-refractivity contribution in [1.29, 1.82) is 0 Å². The number of hydrogen-bond acceptors (Lipinski definition) is 2. The fourth-order valence-corrected chi connectivity index (χ4v) is 2.59. The van der Waals surface area contributed by atoms with Crippen molar-refractivity contribution >= 4 is 8.56 Å². The summed E-state index contributed by atoms with van der Waals surface area (Å²) in [5.74, 6) is 0. The van der Waals surface area contributed by atoms with Crippen LogP contribution in [-0.2, 0) is 8.85 Å². The van der Waals surface area contributed by atoms with Gasteiger partial charge in [0.25, 0.3) is 0 Å². The molecule has 0 aromatic rings. The van der Waals surface area contributed by atoms with E-state index in [1.807, 2.05) is 0 Å². The Bertz CT molecular complexity index is 177. The van der Waals surface area contributed by atoms with Gasteiger partial charge in [-0.2, -0.15) is 0 Å². The molecule has 0 saturated heterocycles. The standard InChI is InChI=1S/C13H28O2Si/c1-5-6-7-8-9-10-11-12-13-16(4,14-2)15-3/h12-13H,5-11H2,1-4H3/b13-12+. The van der Waals surface area contributed by atoms with Crippen molar-refractivity contribution in [3.8, 4) is 0 Å². The number of rotatable bonds is 10. The van der Waals surface area contributed by atoms with E-state index in [0.29, 0.717) is 0 Å². The van der Waals surface area contributed by atoms with Gasteiger partial charge in [-0.05, 0) is 25.1 Å². The summed E-state index contributed by atoms with van der Waals surface area (Å²) < 4.78 is 10.8. The molecule has 0 bridgehead atoms. The Morgan fingerprint density at radius 3 is 2.06 bits per heavy atom. The first kappa shape index (κ1) is 15.9. The molecule has 0 aliphatic heterocycles. The summed E-state index contributed by atoms with van der Waals surface area (Å²) in [6.07, 6.45) is 11.5. The summed E-state index contributed by atoms with van der Waals surface area (Å²) in [6, 6.07) is 0. The summed E-state index contributed by atoms with van der Waals surface area (Å²) >= 11 is 0. The van der Waals surface area contributed by atoms with Crippen LogP contribution in [0.5, 0.6) is 0 Å². The molecule has 0 fully saturated rings. The van der Waals surface area contributed by atoms with Crippen LogP contribution in [0.4, 0.5) is 0 Å². The summed E-state index contributed by atoms with van der Waals surface area (Å²) in [5, 5.41) is 0. The molecule has 0 atom stereocenters. The quantitative estimate of drug-likeness (QED) is 0.423. The number of hydrogen-bond donors (Lipinski definition) is 0. The monoisotopic (exact) mass is 244 g/mol. The number of unbranched alkanes of at least 4 members (excludes halogenated alkanes) is 6. The van der Waals surface area contributed by atoms with Crippen LogP contribution in [0.25, 0.3) is 0 Å². The van der Waals surface area contributed by atoms with Gasteiger partial charge in [0.05, 0.1) is 0 Å². The molecule has 0 spiro atoms. The van der Waals surface area contributed by atoms with Crippen molar-refractivity contribution in [3.63, 3.8) is 0 Å². The zero-order valence-corrected chi connectivity index (χ0v) is 12.4. The van der Waals surface area contributed by atoms with Crippen molar-refractivity contribution < 1.29 is 8.85 Å².